The van der Waals surface area contributed by atoms with Crippen molar-refractivity contribution in [2.75, 3.05) is 13.1 Å². The molecule has 1 unspecified atom stereocenters. The van der Waals surface area contributed by atoms with Crippen molar-refractivity contribution >= 4 is 5.91 Å². The smallest absolute Gasteiger partial charge is 0.227 e. The van der Waals surface area contributed by atoms with Crippen LogP contribution < -0.4 is 10.6 Å². The van der Waals surface area contributed by atoms with Crippen LogP contribution in [0.5, 0.6) is 0 Å². The van der Waals surface area contributed by atoms with E-state index in [1.807, 2.05) is 13.8 Å². The van der Waals surface area contributed by atoms with Crippen LogP contribution in [-0.2, 0) is 4.79 Å². The van der Waals surface area contributed by atoms with Crippen molar-refractivity contribution in [3.05, 3.63) is 35.6 Å². The van der Waals surface area contributed by atoms with E-state index in [0.29, 0.717) is 12.1 Å². The van der Waals surface area contributed by atoms with E-state index in [9.17, 15) is 9.18 Å². The highest BCUT2D eigenvalue weighted by Crippen LogP contribution is 2.31. The van der Waals surface area contributed by atoms with Crippen molar-refractivity contribution in [3.8, 4) is 0 Å². The first kappa shape index (κ1) is 15.0. The Balaban J connectivity index is 2.08. The Labute approximate surface area is 120 Å². The van der Waals surface area contributed by atoms with Crippen molar-refractivity contribution in [1.29, 1.82) is 0 Å². The minimum Gasteiger partial charge on any atom is -0.349 e. The van der Waals surface area contributed by atoms with E-state index >= 15 is 0 Å². The van der Waals surface area contributed by atoms with Crippen LogP contribution >= 0.6 is 0 Å². The zero-order valence-corrected chi connectivity index (χ0v) is 12.2. The van der Waals surface area contributed by atoms with Crippen LogP contribution in [0.25, 0.3) is 0 Å². The van der Waals surface area contributed by atoms with Gasteiger partial charge < -0.3 is 10.6 Å². The Hall–Kier alpha value is -1.42. The fraction of sp³-hybridized carbons (Fsp3) is 0.562. The summed E-state index contributed by atoms with van der Waals surface area (Å²) in [4.78, 5) is 12.6. The van der Waals surface area contributed by atoms with Gasteiger partial charge in [-0.3, -0.25) is 4.79 Å². The number of piperidine rings is 1. The Bertz CT molecular complexity index is 469. The lowest BCUT2D eigenvalue weighted by molar-refractivity contribution is -0.133. The van der Waals surface area contributed by atoms with Gasteiger partial charge in [-0.15, -0.1) is 0 Å². The molecule has 2 N–H and O–H groups in total. The molecule has 0 bridgehead atoms. The lowest BCUT2D eigenvalue weighted by Crippen LogP contribution is -2.50. The first-order valence-corrected chi connectivity index (χ1v) is 7.35. The lowest BCUT2D eigenvalue weighted by Gasteiger charge is -2.36. The molecule has 1 aromatic rings. The highest BCUT2D eigenvalue weighted by Gasteiger charge is 2.38. The van der Waals surface area contributed by atoms with Gasteiger partial charge in [-0.25, -0.2) is 4.39 Å². The number of nitrogens with one attached hydrogen (secondary N) is 2. The van der Waals surface area contributed by atoms with Crippen LogP contribution in [0.3, 0.4) is 0 Å². The minimum atomic E-state index is -0.349. The molecular weight excluding hydrogens is 255 g/mol. The normalized spacial score (nSPS) is 24.1. The highest BCUT2D eigenvalue weighted by atomic mass is 19.1. The van der Waals surface area contributed by atoms with Gasteiger partial charge in [0.2, 0.25) is 5.91 Å². The van der Waals surface area contributed by atoms with Crippen LogP contribution in [0.1, 0.15) is 44.7 Å². The van der Waals surface area contributed by atoms with Gasteiger partial charge in [0.25, 0.3) is 0 Å². The Kier molecular flexibility index (Phi) is 4.76. The average molecular weight is 278 g/mol. The highest BCUT2D eigenvalue weighted by molar-refractivity contribution is 5.83. The number of hydrogen-bond acceptors (Lipinski definition) is 2. The number of amides is 1. The number of carbonyl (C=O) groups is 1. The number of halogens is 1. The molecule has 110 valence electrons. The SMILES string of the molecule is CCC1(C(=O)N[C@H](C)c2ccccc2F)CCCNC1. The topological polar surface area (TPSA) is 41.1 Å². The lowest BCUT2D eigenvalue weighted by atomic mass is 9.77. The molecule has 0 spiro atoms. The van der Waals surface area contributed by atoms with Crippen molar-refractivity contribution in [2.45, 2.75) is 39.2 Å². The van der Waals surface area contributed by atoms with Gasteiger partial charge in [0.05, 0.1) is 11.5 Å². The van der Waals surface area contributed by atoms with Gasteiger partial charge >= 0.3 is 0 Å². The maximum absolute atomic E-state index is 13.7. The van der Waals surface area contributed by atoms with Crippen molar-refractivity contribution in [2.24, 2.45) is 5.41 Å². The number of rotatable bonds is 4. The first-order chi connectivity index (χ1) is 9.59. The molecule has 1 amide bonds. The minimum absolute atomic E-state index is 0.0305. The zero-order valence-electron chi connectivity index (χ0n) is 12.2. The standard InChI is InChI=1S/C16H23FN2O/c1-3-16(9-6-10-18-11-16)15(20)19-12(2)13-7-4-5-8-14(13)17/h4-5,7-8,12,18H,3,6,9-11H2,1-2H3,(H,19,20)/t12-,16?/m1/s1. The zero-order chi connectivity index (χ0) is 14.6. The van der Waals surface area contributed by atoms with E-state index in [1.165, 1.54) is 6.07 Å². The second kappa shape index (κ2) is 6.35. The summed E-state index contributed by atoms with van der Waals surface area (Å²) in [5.41, 5.74) is 0.188. The van der Waals surface area contributed by atoms with Gasteiger partial charge in [0.1, 0.15) is 5.82 Å². The van der Waals surface area contributed by atoms with E-state index in [0.717, 1.165) is 25.8 Å². The predicted molar refractivity (Wildman–Crippen MR) is 77.8 cm³/mol. The van der Waals surface area contributed by atoms with Gasteiger partial charge in [-0.1, -0.05) is 25.1 Å². The van der Waals surface area contributed by atoms with Crippen LogP contribution in [0.15, 0.2) is 24.3 Å². The van der Waals surface area contributed by atoms with Crippen LogP contribution in [0.2, 0.25) is 0 Å². The van der Waals surface area contributed by atoms with Crippen LogP contribution in [-0.4, -0.2) is 19.0 Å². The summed E-state index contributed by atoms with van der Waals surface area (Å²) < 4.78 is 13.7. The van der Waals surface area contributed by atoms with Crippen molar-refractivity contribution < 1.29 is 9.18 Å². The molecule has 4 heteroatoms. The molecule has 1 aliphatic heterocycles. The van der Waals surface area contributed by atoms with E-state index < -0.39 is 0 Å². The molecule has 2 rings (SSSR count). The summed E-state index contributed by atoms with van der Waals surface area (Å²) >= 11 is 0. The summed E-state index contributed by atoms with van der Waals surface area (Å²) in [6.07, 6.45) is 2.71. The fourth-order valence-electron chi connectivity index (χ4n) is 2.88. The number of carbonyl (C=O) groups excluding carboxylic acids is 1. The van der Waals surface area contributed by atoms with E-state index in [1.54, 1.807) is 18.2 Å². The predicted octanol–water partition coefficient (Wildman–Crippen LogP) is 2.78. The van der Waals surface area contributed by atoms with E-state index in [2.05, 4.69) is 10.6 Å². The van der Waals surface area contributed by atoms with Gasteiger partial charge in [-0.05, 0) is 38.8 Å². The van der Waals surface area contributed by atoms with Crippen molar-refractivity contribution in [3.63, 3.8) is 0 Å². The molecule has 1 heterocycles. The Morgan fingerprint density at radius 3 is 2.85 bits per heavy atom. The molecule has 1 aliphatic rings. The molecule has 20 heavy (non-hydrogen) atoms. The molecule has 0 radical (unpaired) electrons. The maximum Gasteiger partial charge on any atom is 0.227 e. The number of benzene rings is 1. The Morgan fingerprint density at radius 2 is 2.25 bits per heavy atom. The number of hydrogen-bond donors (Lipinski definition) is 2. The summed E-state index contributed by atoms with van der Waals surface area (Å²) in [5, 5.41) is 6.28. The third-order valence-electron chi connectivity index (χ3n) is 4.35. The summed E-state index contributed by atoms with van der Waals surface area (Å²) in [6, 6.07) is 6.28. The van der Waals surface area contributed by atoms with Crippen molar-refractivity contribution in [1.82, 2.24) is 10.6 Å². The van der Waals surface area contributed by atoms with Crippen LogP contribution in [0.4, 0.5) is 4.39 Å². The molecule has 0 aromatic heterocycles. The second-order valence-electron chi connectivity index (χ2n) is 5.63. The third kappa shape index (κ3) is 3.01. The van der Waals surface area contributed by atoms with Crippen LogP contribution in [0, 0.1) is 11.2 Å². The molecule has 1 aromatic carbocycles. The second-order valence-corrected chi connectivity index (χ2v) is 5.63. The molecule has 0 aliphatic carbocycles. The maximum atomic E-state index is 13.7. The van der Waals surface area contributed by atoms with Gasteiger partial charge in [-0.2, -0.15) is 0 Å². The summed E-state index contributed by atoms with van der Waals surface area (Å²) in [5.74, 6) is -0.240. The summed E-state index contributed by atoms with van der Waals surface area (Å²) in [6.45, 7) is 5.55. The average Bonchev–Trinajstić information content (AvgIpc) is 2.48. The largest absolute Gasteiger partial charge is 0.349 e. The first-order valence-electron chi connectivity index (χ1n) is 7.35. The molecule has 2 atom stereocenters. The quantitative estimate of drug-likeness (QED) is 0.889. The Morgan fingerprint density at radius 1 is 1.50 bits per heavy atom. The molecule has 1 fully saturated rings. The molecule has 1 saturated heterocycles. The molecule has 3 nitrogen and oxygen atoms in total. The fourth-order valence-corrected chi connectivity index (χ4v) is 2.88. The molecule has 0 saturated carbocycles. The van der Waals surface area contributed by atoms with E-state index in [-0.39, 0.29) is 23.2 Å². The third-order valence-corrected chi connectivity index (χ3v) is 4.35. The summed E-state index contributed by atoms with van der Waals surface area (Å²) in [7, 11) is 0. The van der Waals surface area contributed by atoms with Gasteiger partial charge in [0.15, 0.2) is 0 Å². The monoisotopic (exact) mass is 278 g/mol. The molecular formula is C16H23FN2O. The van der Waals surface area contributed by atoms with Gasteiger partial charge in [0, 0.05) is 12.1 Å². The van der Waals surface area contributed by atoms with E-state index in [4.69, 9.17) is 0 Å².